The van der Waals surface area contributed by atoms with Gasteiger partial charge in [-0.25, -0.2) is 9.97 Å². The second-order valence-electron chi connectivity index (χ2n) is 2.40. The third-order valence-electron chi connectivity index (χ3n) is 1.48. The molecule has 0 saturated carbocycles. The van der Waals surface area contributed by atoms with Crippen molar-refractivity contribution >= 4 is 15.9 Å². The molecule has 1 rings (SSSR count). The Hall–Kier alpha value is -0.920. The zero-order chi connectivity index (χ0) is 9.68. The molecule has 1 unspecified atom stereocenters. The maximum absolute atomic E-state index is 9.61. The van der Waals surface area contributed by atoms with Crippen LogP contribution in [0.2, 0.25) is 0 Å². The Morgan fingerprint density at radius 1 is 1.69 bits per heavy atom. The molecule has 4 heteroatoms. The van der Waals surface area contributed by atoms with E-state index in [-0.39, 0.29) is 0 Å². The molecule has 0 aromatic carbocycles. The molecule has 3 nitrogen and oxygen atoms in total. The van der Waals surface area contributed by atoms with E-state index in [9.17, 15) is 5.11 Å². The summed E-state index contributed by atoms with van der Waals surface area (Å²) >= 11 is 3.26. The Morgan fingerprint density at radius 3 is 3.08 bits per heavy atom. The lowest BCUT2D eigenvalue weighted by molar-refractivity contribution is 0.178. The van der Waals surface area contributed by atoms with E-state index in [1.807, 2.05) is 0 Å². The fourth-order valence-electron chi connectivity index (χ4n) is 0.863. The van der Waals surface area contributed by atoms with Crippen molar-refractivity contribution in [3.8, 4) is 11.8 Å². The molecule has 0 amide bonds. The predicted octanol–water partition coefficient (Wildman–Crippen LogP) is 1.69. The average Bonchev–Trinajstić information content (AvgIpc) is 2.15. The summed E-state index contributed by atoms with van der Waals surface area (Å²) in [7, 11) is 0. The van der Waals surface area contributed by atoms with Crippen molar-refractivity contribution in [1.29, 1.82) is 0 Å². The standard InChI is InChI=1S/C9H9BrN2O/c1-2-3-4-8(13)9-7(10)5-11-6-12-9/h5-6,8,13H,4H2,1H3. The summed E-state index contributed by atoms with van der Waals surface area (Å²) in [5, 5.41) is 9.61. The van der Waals surface area contributed by atoms with Crippen LogP contribution in [0.15, 0.2) is 17.0 Å². The Morgan fingerprint density at radius 2 is 2.46 bits per heavy atom. The lowest BCUT2D eigenvalue weighted by Crippen LogP contribution is -2.00. The number of hydrogen-bond acceptors (Lipinski definition) is 3. The van der Waals surface area contributed by atoms with Gasteiger partial charge < -0.3 is 5.11 Å². The molecule has 0 saturated heterocycles. The molecule has 1 atom stereocenters. The second kappa shape index (κ2) is 4.95. The van der Waals surface area contributed by atoms with Gasteiger partial charge in [0, 0.05) is 12.6 Å². The Bertz CT molecular complexity index is 343. The van der Waals surface area contributed by atoms with Gasteiger partial charge in [0.1, 0.15) is 12.4 Å². The first kappa shape index (κ1) is 10.2. The highest BCUT2D eigenvalue weighted by Crippen LogP contribution is 2.21. The number of aliphatic hydroxyl groups is 1. The zero-order valence-electron chi connectivity index (χ0n) is 7.16. The molecule has 0 bridgehead atoms. The molecule has 0 aliphatic carbocycles. The van der Waals surface area contributed by atoms with Crippen LogP contribution in [0.25, 0.3) is 0 Å². The van der Waals surface area contributed by atoms with Crippen LogP contribution in [0.3, 0.4) is 0 Å². The zero-order valence-corrected chi connectivity index (χ0v) is 8.74. The van der Waals surface area contributed by atoms with Gasteiger partial charge in [-0.15, -0.1) is 11.8 Å². The van der Waals surface area contributed by atoms with Gasteiger partial charge in [-0.3, -0.25) is 0 Å². The molecule has 0 aliphatic rings. The maximum atomic E-state index is 9.61. The van der Waals surface area contributed by atoms with Crippen LogP contribution in [0.1, 0.15) is 25.1 Å². The summed E-state index contributed by atoms with van der Waals surface area (Å²) in [6, 6.07) is 0. The quantitative estimate of drug-likeness (QED) is 0.801. The minimum absolute atomic E-state index is 0.395. The monoisotopic (exact) mass is 240 g/mol. The summed E-state index contributed by atoms with van der Waals surface area (Å²) in [5.41, 5.74) is 0.581. The number of hydrogen-bond donors (Lipinski definition) is 1. The third-order valence-corrected chi connectivity index (χ3v) is 2.09. The van der Waals surface area contributed by atoms with Crippen molar-refractivity contribution in [1.82, 2.24) is 9.97 Å². The summed E-state index contributed by atoms with van der Waals surface area (Å²) in [4.78, 5) is 7.76. The first-order valence-electron chi connectivity index (χ1n) is 3.78. The molecule has 1 N–H and O–H groups in total. The van der Waals surface area contributed by atoms with E-state index < -0.39 is 6.10 Å². The lowest BCUT2D eigenvalue weighted by Gasteiger charge is -2.06. The molecule has 1 aromatic rings. The summed E-state index contributed by atoms with van der Waals surface area (Å²) < 4.78 is 0.709. The van der Waals surface area contributed by atoms with Gasteiger partial charge in [0.05, 0.1) is 10.2 Å². The molecule has 13 heavy (non-hydrogen) atoms. The average molecular weight is 241 g/mol. The van der Waals surface area contributed by atoms with E-state index in [1.54, 1.807) is 13.1 Å². The van der Waals surface area contributed by atoms with Crippen LogP contribution in [0.4, 0.5) is 0 Å². The normalized spacial score (nSPS) is 11.6. The minimum atomic E-state index is -0.648. The number of halogens is 1. The van der Waals surface area contributed by atoms with Crippen LogP contribution in [0.5, 0.6) is 0 Å². The molecule has 0 radical (unpaired) electrons. The molecule has 1 aromatic heterocycles. The number of rotatable bonds is 2. The first-order chi connectivity index (χ1) is 6.25. The van der Waals surface area contributed by atoms with Gasteiger partial charge >= 0.3 is 0 Å². The number of nitrogens with zero attached hydrogens (tertiary/aromatic N) is 2. The highest BCUT2D eigenvalue weighted by molar-refractivity contribution is 9.10. The largest absolute Gasteiger partial charge is 0.386 e. The van der Waals surface area contributed by atoms with Crippen LogP contribution >= 0.6 is 15.9 Å². The fourth-order valence-corrected chi connectivity index (χ4v) is 1.35. The van der Waals surface area contributed by atoms with Gasteiger partial charge in [0.2, 0.25) is 0 Å². The Balaban J connectivity index is 2.80. The van der Waals surface area contributed by atoms with Gasteiger partial charge in [0.15, 0.2) is 0 Å². The van der Waals surface area contributed by atoms with Crippen molar-refractivity contribution < 1.29 is 5.11 Å². The van der Waals surface area contributed by atoms with E-state index in [1.165, 1.54) is 6.33 Å². The van der Waals surface area contributed by atoms with Crippen molar-refractivity contribution in [3.05, 3.63) is 22.7 Å². The van der Waals surface area contributed by atoms with Crippen LogP contribution in [0, 0.1) is 11.8 Å². The smallest absolute Gasteiger partial charge is 0.115 e. The molecular weight excluding hydrogens is 232 g/mol. The van der Waals surface area contributed by atoms with Gasteiger partial charge in [-0.2, -0.15) is 0 Å². The van der Waals surface area contributed by atoms with Crippen molar-refractivity contribution in [2.45, 2.75) is 19.4 Å². The van der Waals surface area contributed by atoms with Crippen LogP contribution in [-0.4, -0.2) is 15.1 Å². The van der Waals surface area contributed by atoms with Crippen LogP contribution in [-0.2, 0) is 0 Å². The van der Waals surface area contributed by atoms with Crippen molar-refractivity contribution in [3.63, 3.8) is 0 Å². The van der Waals surface area contributed by atoms with E-state index >= 15 is 0 Å². The van der Waals surface area contributed by atoms with Gasteiger partial charge in [0.25, 0.3) is 0 Å². The van der Waals surface area contributed by atoms with E-state index in [0.29, 0.717) is 16.6 Å². The first-order valence-corrected chi connectivity index (χ1v) is 4.58. The molecule has 68 valence electrons. The van der Waals surface area contributed by atoms with Gasteiger partial charge in [-0.05, 0) is 22.9 Å². The Labute approximate surface area is 85.4 Å². The topological polar surface area (TPSA) is 46.0 Å². The predicted molar refractivity (Wildman–Crippen MR) is 52.8 cm³/mol. The van der Waals surface area contributed by atoms with E-state index in [4.69, 9.17) is 0 Å². The second-order valence-corrected chi connectivity index (χ2v) is 3.26. The molecule has 0 fully saturated rings. The minimum Gasteiger partial charge on any atom is -0.386 e. The van der Waals surface area contributed by atoms with Crippen molar-refractivity contribution in [2.75, 3.05) is 0 Å². The maximum Gasteiger partial charge on any atom is 0.115 e. The third kappa shape index (κ3) is 2.79. The summed E-state index contributed by atoms with van der Waals surface area (Å²) in [6.45, 7) is 1.74. The number of aromatic nitrogens is 2. The highest BCUT2D eigenvalue weighted by Gasteiger charge is 2.10. The van der Waals surface area contributed by atoms with E-state index in [2.05, 4.69) is 37.7 Å². The molecule has 0 aliphatic heterocycles. The molecule has 0 spiro atoms. The highest BCUT2D eigenvalue weighted by atomic mass is 79.9. The van der Waals surface area contributed by atoms with Gasteiger partial charge in [-0.1, -0.05) is 0 Å². The summed E-state index contributed by atoms with van der Waals surface area (Å²) in [6.07, 6.45) is 2.75. The SMILES string of the molecule is CC#CCC(O)c1ncncc1Br. The molecular formula is C9H9BrN2O. The lowest BCUT2D eigenvalue weighted by atomic mass is 10.2. The number of aliphatic hydroxyl groups excluding tert-OH is 1. The van der Waals surface area contributed by atoms with E-state index in [0.717, 1.165) is 0 Å². The van der Waals surface area contributed by atoms with Crippen molar-refractivity contribution in [2.24, 2.45) is 0 Å². The molecule has 1 heterocycles. The Kier molecular flexibility index (Phi) is 3.87. The fraction of sp³-hybridized carbons (Fsp3) is 0.333. The summed E-state index contributed by atoms with van der Waals surface area (Å²) in [5.74, 6) is 5.51. The van der Waals surface area contributed by atoms with Crippen LogP contribution < -0.4 is 0 Å².